The molecule has 1 unspecified atom stereocenters. The van der Waals surface area contributed by atoms with Gasteiger partial charge in [-0.05, 0) is 37.7 Å². The average Bonchev–Trinajstić information content (AvgIpc) is 3.42. The van der Waals surface area contributed by atoms with Crippen LogP contribution >= 0.6 is 0 Å². The van der Waals surface area contributed by atoms with Gasteiger partial charge in [0.15, 0.2) is 5.96 Å². The molecular formula is C17H24N4O3. The average molecular weight is 332 g/mol. The molecule has 1 aliphatic carbocycles. The van der Waals surface area contributed by atoms with Gasteiger partial charge in [0, 0.05) is 31.3 Å². The maximum atomic E-state index is 10.7. The SMILES string of the molecule is O=[N+]([O-])c1ccc(CN=C(NCC2CCCCO2)NC2CC2)cc1. The summed E-state index contributed by atoms with van der Waals surface area (Å²) < 4.78 is 5.74. The molecule has 7 nitrogen and oxygen atoms in total. The zero-order valence-electron chi connectivity index (χ0n) is 13.7. The lowest BCUT2D eigenvalue weighted by atomic mass is 10.1. The minimum Gasteiger partial charge on any atom is -0.376 e. The Morgan fingerprint density at radius 2 is 2.04 bits per heavy atom. The van der Waals surface area contributed by atoms with Crippen molar-refractivity contribution in [3.63, 3.8) is 0 Å². The van der Waals surface area contributed by atoms with Gasteiger partial charge in [-0.25, -0.2) is 4.99 Å². The third kappa shape index (κ3) is 5.19. The second-order valence-corrected chi connectivity index (χ2v) is 6.38. The summed E-state index contributed by atoms with van der Waals surface area (Å²) in [5.41, 5.74) is 1.05. The van der Waals surface area contributed by atoms with E-state index in [0.717, 1.165) is 37.5 Å². The van der Waals surface area contributed by atoms with E-state index < -0.39 is 4.92 Å². The number of hydrogen-bond donors (Lipinski definition) is 2. The Kier molecular flexibility index (Phi) is 5.63. The summed E-state index contributed by atoms with van der Waals surface area (Å²) >= 11 is 0. The number of nitrogens with one attached hydrogen (secondary N) is 2. The van der Waals surface area contributed by atoms with E-state index in [1.165, 1.54) is 31.4 Å². The van der Waals surface area contributed by atoms with Crippen LogP contribution in [0, 0.1) is 10.1 Å². The van der Waals surface area contributed by atoms with Crippen LogP contribution < -0.4 is 10.6 Å². The number of nitro benzene ring substituents is 1. The van der Waals surface area contributed by atoms with Gasteiger partial charge in [-0.2, -0.15) is 0 Å². The van der Waals surface area contributed by atoms with E-state index in [1.807, 2.05) is 0 Å². The molecule has 2 aliphatic rings. The minimum atomic E-state index is -0.390. The van der Waals surface area contributed by atoms with Crippen LogP contribution in [0.2, 0.25) is 0 Å². The van der Waals surface area contributed by atoms with Crippen molar-refractivity contribution in [1.29, 1.82) is 0 Å². The number of nitrogens with zero attached hydrogens (tertiary/aromatic N) is 2. The molecule has 1 atom stereocenters. The molecule has 0 aromatic heterocycles. The quantitative estimate of drug-likeness (QED) is 0.361. The van der Waals surface area contributed by atoms with Crippen LogP contribution in [-0.4, -0.2) is 36.2 Å². The second kappa shape index (κ2) is 8.10. The molecule has 1 aliphatic heterocycles. The fourth-order valence-corrected chi connectivity index (χ4v) is 2.65. The van der Waals surface area contributed by atoms with Gasteiger partial charge >= 0.3 is 0 Å². The molecule has 1 aromatic carbocycles. The van der Waals surface area contributed by atoms with Crippen molar-refractivity contribution in [3.05, 3.63) is 39.9 Å². The van der Waals surface area contributed by atoms with Crippen molar-refractivity contribution in [2.45, 2.75) is 50.8 Å². The zero-order chi connectivity index (χ0) is 16.8. The smallest absolute Gasteiger partial charge is 0.269 e. The first-order valence-electron chi connectivity index (χ1n) is 8.60. The molecule has 1 saturated heterocycles. The zero-order valence-corrected chi connectivity index (χ0v) is 13.7. The summed E-state index contributed by atoms with van der Waals surface area (Å²) in [6.07, 6.45) is 6.07. The third-order valence-corrected chi connectivity index (χ3v) is 4.26. The highest BCUT2D eigenvalue weighted by atomic mass is 16.6. The van der Waals surface area contributed by atoms with E-state index in [0.29, 0.717) is 12.6 Å². The maximum absolute atomic E-state index is 10.7. The predicted molar refractivity (Wildman–Crippen MR) is 92.0 cm³/mol. The molecule has 0 bridgehead atoms. The Bertz CT molecular complexity index is 578. The molecule has 1 saturated carbocycles. The number of guanidine groups is 1. The number of rotatable bonds is 6. The first-order chi connectivity index (χ1) is 11.7. The molecule has 0 radical (unpaired) electrons. The number of hydrogen-bond acceptors (Lipinski definition) is 4. The van der Waals surface area contributed by atoms with Crippen LogP contribution in [0.25, 0.3) is 0 Å². The van der Waals surface area contributed by atoms with Crippen molar-refractivity contribution in [1.82, 2.24) is 10.6 Å². The number of nitro groups is 1. The molecule has 7 heteroatoms. The van der Waals surface area contributed by atoms with Gasteiger partial charge in [0.05, 0.1) is 17.6 Å². The van der Waals surface area contributed by atoms with Crippen LogP contribution in [0.15, 0.2) is 29.3 Å². The lowest BCUT2D eigenvalue weighted by molar-refractivity contribution is -0.384. The van der Waals surface area contributed by atoms with Crippen molar-refractivity contribution in [3.8, 4) is 0 Å². The largest absolute Gasteiger partial charge is 0.376 e. The third-order valence-electron chi connectivity index (χ3n) is 4.26. The summed E-state index contributed by atoms with van der Waals surface area (Å²) in [5.74, 6) is 0.796. The summed E-state index contributed by atoms with van der Waals surface area (Å²) in [6.45, 7) is 2.10. The Balaban J connectivity index is 1.55. The van der Waals surface area contributed by atoms with Gasteiger partial charge in [-0.15, -0.1) is 0 Å². The van der Waals surface area contributed by atoms with Crippen LogP contribution in [-0.2, 0) is 11.3 Å². The molecule has 3 rings (SSSR count). The van der Waals surface area contributed by atoms with E-state index in [-0.39, 0.29) is 11.8 Å². The molecule has 0 amide bonds. The Morgan fingerprint density at radius 1 is 1.25 bits per heavy atom. The van der Waals surface area contributed by atoms with E-state index >= 15 is 0 Å². The highest BCUT2D eigenvalue weighted by molar-refractivity contribution is 5.80. The van der Waals surface area contributed by atoms with Crippen LogP contribution in [0.4, 0.5) is 5.69 Å². The van der Waals surface area contributed by atoms with Crippen LogP contribution in [0.1, 0.15) is 37.7 Å². The van der Waals surface area contributed by atoms with E-state index in [1.54, 1.807) is 12.1 Å². The maximum Gasteiger partial charge on any atom is 0.269 e. The van der Waals surface area contributed by atoms with Crippen molar-refractivity contribution in [2.75, 3.05) is 13.2 Å². The highest BCUT2D eigenvalue weighted by Crippen LogP contribution is 2.19. The Morgan fingerprint density at radius 3 is 2.67 bits per heavy atom. The molecule has 0 spiro atoms. The fraction of sp³-hybridized carbons (Fsp3) is 0.588. The van der Waals surface area contributed by atoms with Crippen molar-refractivity contribution in [2.24, 2.45) is 4.99 Å². The minimum absolute atomic E-state index is 0.103. The summed E-state index contributed by atoms with van der Waals surface area (Å²) in [6, 6.07) is 7.05. The van der Waals surface area contributed by atoms with Crippen molar-refractivity contribution < 1.29 is 9.66 Å². The summed E-state index contributed by atoms with van der Waals surface area (Å²) in [7, 11) is 0. The molecule has 1 aromatic rings. The van der Waals surface area contributed by atoms with E-state index in [9.17, 15) is 10.1 Å². The second-order valence-electron chi connectivity index (χ2n) is 6.38. The standard InChI is InChI=1S/C17H24N4O3/c22-21(23)15-8-4-13(5-9-15)11-18-17(20-14-6-7-14)19-12-16-3-1-2-10-24-16/h4-5,8-9,14,16H,1-3,6-7,10-12H2,(H2,18,19,20). The van der Waals surface area contributed by atoms with Gasteiger partial charge in [-0.3, -0.25) is 10.1 Å². The van der Waals surface area contributed by atoms with Gasteiger partial charge < -0.3 is 15.4 Å². The lowest BCUT2D eigenvalue weighted by Gasteiger charge is -2.23. The van der Waals surface area contributed by atoms with E-state index in [4.69, 9.17) is 4.74 Å². The van der Waals surface area contributed by atoms with Gasteiger partial charge in [0.1, 0.15) is 0 Å². The van der Waals surface area contributed by atoms with Gasteiger partial charge in [0.2, 0.25) is 0 Å². The molecule has 130 valence electrons. The van der Waals surface area contributed by atoms with Gasteiger partial charge in [-0.1, -0.05) is 12.1 Å². The normalized spacial score (nSPS) is 21.3. The fourth-order valence-electron chi connectivity index (χ4n) is 2.65. The van der Waals surface area contributed by atoms with Crippen LogP contribution in [0.3, 0.4) is 0 Å². The molecule has 1 heterocycles. The van der Waals surface area contributed by atoms with Gasteiger partial charge in [0.25, 0.3) is 5.69 Å². The first-order valence-corrected chi connectivity index (χ1v) is 8.60. The molecule has 24 heavy (non-hydrogen) atoms. The number of aliphatic imine (C=N–C) groups is 1. The molecule has 2 N–H and O–H groups in total. The molecular weight excluding hydrogens is 308 g/mol. The first kappa shape index (κ1) is 16.7. The number of ether oxygens (including phenoxy) is 1. The topological polar surface area (TPSA) is 88.8 Å². The highest BCUT2D eigenvalue weighted by Gasteiger charge is 2.23. The monoisotopic (exact) mass is 332 g/mol. The van der Waals surface area contributed by atoms with Crippen molar-refractivity contribution >= 4 is 11.6 Å². The molecule has 2 fully saturated rings. The predicted octanol–water partition coefficient (Wildman–Crippen LogP) is 2.36. The Hall–Kier alpha value is -2.15. The summed E-state index contributed by atoms with van der Waals surface area (Å²) in [4.78, 5) is 14.9. The lowest BCUT2D eigenvalue weighted by Crippen LogP contribution is -2.43. The van der Waals surface area contributed by atoms with E-state index in [2.05, 4.69) is 15.6 Å². The summed E-state index contributed by atoms with van der Waals surface area (Å²) in [5, 5.41) is 17.5. The Labute approximate surface area is 141 Å². The van der Waals surface area contributed by atoms with Crippen LogP contribution in [0.5, 0.6) is 0 Å². The number of non-ortho nitro benzene ring substituents is 1. The number of benzene rings is 1.